The topological polar surface area (TPSA) is 85.4 Å². The molecule has 0 aliphatic heterocycles. The number of rotatable bonds is 7. The van der Waals surface area contributed by atoms with E-state index in [2.05, 4.69) is 10.3 Å². The fourth-order valence-corrected chi connectivity index (χ4v) is 5.48. The van der Waals surface area contributed by atoms with Crippen LogP contribution in [0.4, 0.5) is 10.1 Å². The number of sulfone groups is 1. The van der Waals surface area contributed by atoms with Gasteiger partial charge >= 0.3 is 0 Å². The van der Waals surface area contributed by atoms with Crippen molar-refractivity contribution in [2.45, 2.75) is 18.2 Å². The van der Waals surface area contributed by atoms with Crippen LogP contribution < -0.4 is 10.1 Å². The molecule has 3 aromatic rings. The van der Waals surface area contributed by atoms with Gasteiger partial charge in [-0.1, -0.05) is 13.8 Å². The van der Waals surface area contributed by atoms with Crippen molar-refractivity contribution in [3.63, 3.8) is 0 Å². The zero-order valence-corrected chi connectivity index (χ0v) is 16.9. The molecule has 3 rings (SSSR count). The number of aromatic nitrogens is 1. The number of carbonyl (C=O) groups excluding carboxylic acids is 1. The number of ether oxygens (including phenoxy) is 1. The van der Waals surface area contributed by atoms with E-state index in [9.17, 15) is 17.6 Å². The molecule has 1 heterocycles. The molecule has 2 aromatic carbocycles. The standard InChI is InChI=1S/C19H19FN2O4S2/c1-12(2)11-28(24,25)19-22-16-8-5-14(9-17(16)27-19)21-18(23)10-26-15-6-3-13(20)4-7-15/h3-9,12H,10-11H2,1-2H3,(H,21,23). The molecule has 148 valence electrons. The van der Waals surface area contributed by atoms with Gasteiger partial charge in [-0.15, -0.1) is 11.3 Å². The lowest BCUT2D eigenvalue weighted by Crippen LogP contribution is -2.20. The number of hydrogen-bond donors (Lipinski definition) is 1. The van der Waals surface area contributed by atoms with E-state index in [0.29, 0.717) is 21.7 Å². The highest BCUT2D eigenvalue weighted by atomic mass is 32.2. The summed E-state index contributed by atoms with van der Waals surface area (Å²) in [5.74, 6) is -0.343. The Morgan fingerprint density at radius 1 is 1.21 bits per heavy atom. The molecule has 1 amide bonds. The van der Waals surface area contributed by atoms with Crippen LogP contribution in [0.2, 0.25) is 0 Å². The summed E-state index contributed by atoms with van der Waals surface area (Å²) in [6.07, 6.45) is 0. The average molecular weight is 423 g/mol. The third kappa shape index (κ3) is 5.05. The first kappa shape index (κ1) is 20.2. The summed E-state index contributed by atoms with van der Waals surface area (Å²) in [6, 6.07) is 10.4. The quantitative estimate of drug-likeness (QED) is 0.624. The monoisotopic (exact) mass is 422 g/mol. The average Bonchev–Trinajstić information content (AvgIpc) is 3.04. The SMILES string of the molecule is CC(C)CS(=O)(=O)c1nc2ccc(NC(=O)COc3ccc(F)cc3)cc2s1. The Bertz CT molecular complexity index is 1090. The Hall–Kier alpha value is -2.52. The first-order valence-corrected chi connectivity index (χ1v) is 11.0. The molecule has 0 spiro atoms. The molecule has 0 unspecified atom stereocenters. The van der Waals surface area contributed by atoms with Gasteiger partial charge in [-0.25, -0.2) is 17.8 Å². The highest BCUT2D eigenvalue weighted by Gasteiger charge is 2.21. The van der Waals surface area contributed by atoms with E-state index < -0.39 is 9.84 Å². The summed E-state index contributed by atoms with van der Waals surface area (Å²) >= 11 is 1.08. The van der Waals surface area contributed by atoms with Gasteiger partial charge < -0.3 is 10.1 Å². The first-order valence-electron chi connectivity index (χ1n) is 8.54. The van der Waals surface area contributed by atoms with Gasteiger partial charge in [-0.3, -0.25) is 4.79 Å². The van der Waals surface area contributed by atoms with Crippen LogP contribution in [0, 0.1) is 11.7 Å². The summed E-state index contributed by atoms with van der Waals surface area (Å²) in [6.45, 7) is 3.44. The molecule has 0 radical (unpaired) electrons. The van der Waals surface area contributed by atoms with Gasteiger partial charge in [0.05, 0.1) is 16.0 Å². The summed E-state index contributed by atoms with van der Waals surface area (Å²) < 4.78 is 43.6. The minimum Gasteiger partial charge on any atom is -0.484 e. The maximum Gasteiger partial charge on any atom is 0.262 e. The van der Waals surface area contributed by atoms with E-state index in [0.717, 1.165) is 11.3 Å². The van der Waals surface area contributed by atoms with Crippen LogP contribution in [0.1, 0.15) is 13.8 Å². The largest absolute Gasteiger partial charge is 0.484 e. The summed E-state index contributed by atoms with van der Waals surface area (Å²) in [5.41, 5.74) is 1.07. The maximum atomic E-state index is 12.9. The lowest BCUT2D eigenvalue weighted by molar-refractivity contribution is -0.118. The molecule has 0 saturated carbocycles. The third-order valence-corrected chi connectivity index (χ3v) is 7.21. The van der Waals surface area contributed by atoms with Crippen LogP contribution in [0.15, 0.2) is 46.8 Å². The smallest absolute Gasteiger partial charge is 0.262 e. The Morgan fingerprint density at radius 2 is 1.93 bits per heavy atom. The van der Waals surface area contributed by atoms with Gasteiger partial charge in [-0.05, 0) is 48.4 Å². The molecular formula is C19H19FN2O4S2. The molecule has 0 aliphatic rings. The number of nitrogens with zero attached hydrogens (tertiary/aromatic N) is 1. The Balaban J connectivity index is 1.68. The van der Waals surface area contributed by atoms with E-state index in [-0.39, 0.29) is 34.3 Å². The molecule has 0 atom stereocenters. The third-order valence-electron chi connectivity index (χ3n) is 3.65. The van der Waals surface area contributed by atoms with E-state index in [1.807, 2.05) is 13.8 Å². The molecule has 28 heavy (non-hydrogen) atoms. The van der Waals surface area contributed by atoms with Gasteiger partial charge in [0.1, 0.15) is 11.6 Å². The van der Waals surface area contributed by atoms with E-state index in [4.69, 9.17) is 4.74 Å². The van der Waals surface area contributed by atoms with Gasteiger partial charge in [-0.2, -0.15) is 0 Å². The van der Waals surface area contributed by atoms with Crippen LogP contribution in [0.5, 0.6) is 5.75 Å². The molecule has 1 N–H and O–H groups in total. The van der Waals surface area contributed by atoms with Crippen molar-refractivity contribution >= 4 is 43.0 Å². The highest BCUT2D eigenvalue weighted by molar-refractivity contribution is 7.93. The van der Waals surface area contributed by atoms with Crippen LogP contribution in [-0.2, 0) is 14.6 Å². The van der Waals surface area contributed by atoms with Crippen molar-refractivity contribution in [3.8, 4) is 5.75 Å². The Labute approximate surface area is 166 Å². The van der Waals surface area contributed by atoms with Crippen molar-refractivity contribution in [2.24, 2.45) is 5.92 Å². The zero-order chi connectivity index (χ0) is 20.3. The number of nitrogens with one attached hydrogen (secondary N) is 1. The molecule has 0 aliphatic carbocycles. The van der Waals surface area contributed by atoms with Crippen LogP contribution in [-0.4, -0.2) is 31.7 Å². The fraction of sp³-hybridized carbons (Fsp3) is 0.263. The normalized spacial score (nSPS) is 11.7. The second-order valence-electron chi connectivity index (χ2n) is 6.63. The molecule has 0 saturated heterocycles. The number of benzene rings is 2. The Morgan fingerprint density at radius 3 is 2.61 bits per heavy atom. The summed E-state index contributed by atoms with van der Waals surface area (Å²) in [5, 5.41) is 2.69. The second kappa shape index (κ2) is 8.24. The number of carbonyl (C=O) groups is 1. The van der Waals surface area contributed by atoms with Gasteiger partial charge in [0.2, 0.25) is 14.2 Å². The molecular weight excluding hydrogens is 403 g/mol. The van der Waals surface area contributed by atoms with Gasteiger partial charge in [0, 0.05) is 5.69 Å². The maximum absolute atomic E-state index is 12.9. The predicted octanol–water partition coefficient (Wildman–Crippen LogP) is 3.88. The lowest BCUT2D eigenvalue weighted by Gasteiger charge is -2.07. The van der Waals surface area contributed by atoms with Gasteiger partial charge in [0.25, 0.3) is 5.91 Å². The number of hydrogen-bond acceptors (Lipinski definition) is 6. The van der Waals surface area contributed by atoms with E-state index >= 15 is 0 Å². The second-order valence-corrected chi connectivity index (χ2v) is 9.87. The van der Waals surface area contributed by atoms with Crippen molar-refractivity contribution in [2.75, 3.05) is 17.7 Å². The first-order chi connectivity index (χ1) is 13.2. The zero-order valence-electron chi connectivity index (χ0n) is 15.3. The number of thiazole rings is 1. The Kier molecular flexibility index (Phi) is 5.95. The number of amides is 1. The highest BCUT2D eigenvalue weighted by Crippen LogP contribution is 2.29. The van der Waals surface area contributed by atoms with Crippen molar-refractivity contribution in [1.29, 1.82) is 0 Å². The van der Waals surface area contributed by atoms with Crippen LogP contribution >= 0.6 is 11.3 Å². The minimum absolute atomic E-state index is 0.00738. The van der Waals surface area contributed by atoms with Crippen LogP contribution in [0.25, 0.3) is 10.2 Å². The summed E-state index contributed by atoms with van der Waals surface area (Å²) in [7, 11) is -3.43. The molecule has 6 nitrogen and oxygen atoms in total. The summed E-state index contributed by atoms with van der Waals surface area (Å²) in [4.78, 5) is 16.3. The molecule has 0 fully saturated rings. The number of halogens is 1. The van der Waals surface area contributed by atoms with Crippen molar-refractivity contribution in [3.05, 3.63) is 48.3 Å². The van der Waals surface area contributed by atoms with Crippen molar-refractivity contribution < 1.29 is 22.3 Å². The number of anilines is 1. The predicted molar refractivity (Wildman–Crippen MR) is 107 cm³/mol. The van der Waals surface area contributed by atoms with E-state index in [1.165, 1.54) is 24.3 Å². The van der Waals surface area contributed by atoms with Crippen LogP contribution in [0.3, 0.4) is 0 Å². The minimum atomic E-state index is -3.43. The number of fused-ring (bicyclic) bond motifs is 1. The molecule has 9 heteroatoms. The molecule has 0 bridgehead atoms. The molecule has 1 aromatic heterocycles. The lowest BCUT2D eigenvalue weighted by atomic mass is 10.3. The van der Waals surface area contributed by atoms with Crippen molar-refractivity contribution in [1.82, 2.24) is 4.98 Å². The van der Waals surface area contributed by atoms with E-state index in [1.54, 1.807) is 18.2 Å². The van der Waals surface area contributed by atoms with Gasteiger partial charge in [0.15, 0.2) is 6.61 Å². The fourth-order valence-electron chi connectivity index (χ4n) is 2.50.